The average Bonchev–Trinajstić information content (AvgIpc) is 3.19. The van der Waals surface area contributed by atoms with Crippen molar-refractivity contribution in [2.24, 2.45) is 0 Å². The Morgan fingerprint density at radius 3 is 2.93 bits per heavy atom. The van der Waals surface area contributed by atoms with E-state index in [-0.39, 0.29) is 12.0 Å². The van der Waals surface area contributed by atoms with Crippen molar-refractivity contribution >= 4 is 5.91 Å². The summed E-state index contributed by atoms with van der Waals surface area (Å²) in [4.78, 5) is 16.4. The van der Waals surface area contributed by atoms with Crippen molar-refractivity contribution in [1.82, 2.24) is 10.3 Å². The highest BCUT2D eigenvalue weighted by atomic mass is 16.5. The third-order valence-corrected chi connectivity index (χ3v) is 5.10. The first-order valence-corrected chi connectivity index (χ1v) is 9.81. The van der Waals surface area contributed by atoms with Crippen molar-refractivity contribution in [2.45, 2.75) is 25.4 Å². The number of benzene rings is 2. The van der Waals surface area contributed by atoms with Gasteiger partial charge in [-0.2, -0.15) is 0 Å². The van der Waals surface area contributed by atoms with E-state index in [1.807, 2.05) is 54.7 Å². The molecule has 1 unspecified atom stereocenters. The molecule has 148 valence electrons. The third-order valence-electron chi connectivity index (χ3n) is 5.10. The van der Waals surface area contributed by atoms with Crippen molar-refractivity contribution in [3.8, 4) is 22.6 Å². The average molecular weight is 388 g/mol. The fourth-order valence-corrected chi connectivity index (χ4v) is 3.55. The smallest absolute Gasteiger partial charge is 0.220 e. The van der Waals surface area contributed by atoms with E-state index in [1.54, 1.807) is 13.3 Å². The minimum absolute atomic E-state index is 0.0309. The van der Waals surface area contributed by atoms with Crippen molar-refractivity contribution in [3.63, 3.8) is 0 Å². The Balaban J connectivity index is 1.27. The van der Waals surface area contributed by atoms with Crippen LogP contribution in [0.5, 0.6) is 11.5 Å². The molecule has 1 N–H and O–H groups in total. The van der Waals surface area contributed by atoms with Gasteiger partial charge in [-0.15, -0.1) is 0 Å². The Hall–Kier alpha value is -3.34. The number of nitrogens with one attached hydrogen (secondary N) is 1. The highest BCUT2D eigenvalue weighted by Crippen LogP contribution is 2.32. The minimum Gasteiger partial charge on any atom is -0.497 e. The van der Waals surface area contributed by atoms with Crippen LogP contribution in [0.4, 0.5) is 0 Å². The fourth-order valence-electron chi connectivity index (χ4n) is 3.55. The zero-order valence-electron chi connectivity index (χ0n) is 16.4. The molecule has 0 fully saturated rings. The number of carbonyl (C=O) groups is 1. The molecule has 1 aliphatic heterocycles. The van der Waals surface area contributed by atoms with Gasteiger partial charge in [0, 0.05) is 30.8 Å². The number of nitrogens with zero attached hydrogens (tertiary/aromatic N) is 1. The Labute approximate surface area is 170 Å². The molecule has 5 nitrogen and oxygen atoms in total. The molecule has 2 heterocycles. The second-order valence-corrected chi connectivity index (χ2v) is 7.16. The lowest BCUT2D eigenvalue weighted by molar-refractivity contribution is -0.121. The normalized spacial score (nSPS) is 14.7. The molecule has 29 heavy (non-hydrogen) atoms. The number of fused-ring (bicyclic) bond motifs is 1. The molecule has 4 rings (SSSR count). The number of pyridine rings is 1. The summed E-state index contributed by atoms with van der Waals surface area (Å²) in [6, 6.07) is 18.0. The molecule has 1 aromatic heterocycles. The van der Waals surface area contributed by atoms with Gasteiger partial charge in [0.2, 0.25) is 5.91 Å². The molecular formula is C24H24N2O3. The molecule has 5 heteroatoms. The molecule has 1 aliphatic rings. The van der Waals surface area contributed by atoms with Crippen LogP contribution >= 0.6 is 0 Å². The summed E-state index contributed by atoms with van der Waals surface area (Å²) in [5, 5.41) is 3.00. The number of carbonyl (C=O) groups excluding carboxylic acids is 1. The number of hydrogen-bond acceptors (Lipinski definition) is 4. The van der Waals surface area contributed by atoms with Crippen molar-refractivity contribution < 1.29 is 14.3 Å². The number of aryl methyl sites for hydroxylation is 1. The summed E-state index contributed by atoms with van der Waals surface area (Å²) < 4.78 is 11.2. The van der Waals surface area contributed by atoms with E-state index in [2.05, 4.69) is 16.4 Å². The number of methoxy groups -OCH3 is 1. The Kier molecular flexibility index (Phi) is 5.75. The van der Waals surface area contributed by atoms with Crippen LogP contribution < -0.4 is 14.8 Å². The van der Waals surface area contributed by atoms with Crippen LogP contribution in [0.25, 0.3) is 11.1 Å². The minimum atomic E-state index is -0.0325. The molecule has 0 bridgehead atoms. The van der Waals surface area contributed by atoms with Gasteiger partial charge in [0.1, 0.15) is 17.6 Å². The van der Waals surface area contributed by atoms with E-state index in [4.69, 9.17) is 9.47 Å². The molecule has 0 spiro atoms. The summed E-state index contributed by atoms with van der Waals surface area (Å²) in [7, 11) is 1.64. The molecule has 3 aromatic rings. The summed E-state index contributed by atoms with van der Waals surface area (Å²) in [5.41, 5.74) is 4.47. The molecule has 1 atom stereocenters. The number of amides is 1. The zero-order chi connectivity index (χ0) is 20.1. The van der Waals surface area contributed by atoms with E-state index in [1.165, 1.54) is 5.56 Å². The van der Waals surface area contributed by atoms with Crippen LogP contribution in [-0.4, -0.2) is 30.6 Å². The maximum absolute atomic E-state index is 12.2. The Bertz CT molecular complexity index is 988. The van der Waals surface area contributed by atoms with Gasteiger partial charge < -0.3 is 14.8 Å². The van der Waals surface area contributed by atoms with Gasteiger partial charge in [-0.25, -0.2) is 0 Å². The van der Waals surface area contributed by atoms with E-state index >= 15 is 0 Å². The largest absolute Gasteiger partial charge is 0.497 e. The van der Waals surface area contributed by atoms with Gasteiger partial charge in [0.05, 0.1) is 13.7 Å². The third kappa shape index (κ3) is 4.74. The van der Waals surface area contributed by atoms with Gasteiger partial charge in [0.15, 0.2) is 0 Å². The van der Waals surface area contributed by atoms with Gasteiger partial charge in [0.25, 0.3) is 0 Å². The lowest BCUT2D eigenvalue weighted by Gasteiger charge is -2.12. The van der Waals surface area contributed by atoms with Gasteiger partial charge in [-0.05, 0) is 53.4 Å². The summed E-state index contributed by atoms with van der Waals surface area (Å²) in [5.74, 6) is 1.74. The predicted molar refractivity (Wildman–Crippen MR) is 112 cm³/mol. The van der Waals surface area contributed by atoms with Crippen molar-refractivity contribution in [2.75, 3.05) is 13.7 Å². The Morgan fingerprint density at radius 2 is 2.10 bits per heavy atom. The topological polar surface area (TPSA) is 60.5 Å². The molecule has 0 saturated carbocycles. The first-order valence-electron chi connectivity index (χ1n) is 9.81. The summed E-state index contributed by atoms with van der Waals surface area (Å²) in [6.45, 7) is 0.508. The molecule has 0 saturated heterocycles. The van der Waals surface area contributed by atoms with Crippen LogP contribution in [0.2, 0.25) is 0 Å². The highest BCUT2D eigenvalue weighted by Gasteiger charge is 2.23. The van der Waals surface area contributed by atoms with Crippen LogP contribution in [-0.2, 0) is 17.6 Å². The summed E-state index contributed by atoms with van der Waals surface area (Å²) in [6.07, 6.45) is 5.51. The lowest BCUT2D eigenvalue weighted by atomic mass is 10.0. The first kappa shape index (κ1) is 19.0. The molecule has 2 aromatic carbocycles. The van der Waals surface area contributed by atoms with Crippen LogP contribution in [0.3, 0.4) is 0 Å². The number of ether oxygens (including phenoxy) is 2. The van der Waals surface area contributed by atoms with E-state index < -0.39 is 0 Å². The van der Waals surface area contributed by atoms with E-state index in [0.717, 1.165) is 34.6 Å². The molecule has 0 aliphatic carbocycles. The van der Waals surface area contributed by atoms with Gasteiger partial charge in [-0.3, -0.25) is 9.78 Å². The fraction of sp³-hybridized carbons (Fsp3) is 0.250. The second-order valence-electron chi connectivity index (χ2n) is 7.16. The number of rotatable bonds is 7. The first-order chi connectivity index (χ1) is 14.2. The molecule has 0 radical (unpaired) electrons. The molecular weight excluding hydrogens is 364 g/mol. The van der Waals surface area contributed by atoms with E-state index in [9.17, 15) is 4.79 Å². The standard InChI is InChI=1S/C24H24N2O3/c1-28-21-6-2-4-17(12-21)7-10-24(27)26-16-22-14-20-13-18(8-9-23(20)29-22)19-5-3-11-25-15-19/h2-6,8-9,11-13,15,22H,7,10,14,16H2,1H3,(H,26,27). The van der Waals surface area contributed by atoms with Crippen LogP contribution in [0.15, 0.2) is 67.0 Å². The summed E-state index contributed by atoms with van der Waals surface area (Å²) >= 11 is 0. The van der Waals surface area contributed by atoms with Gasteiger partial charge >= 0.3 is 0 Å². The van der Waals surface area contributed by atoms with E-state index in [0.29, 0.717) is 19.4 Å². The lowest BCUT2D eigenvalue weighted by Crippen LogP contribution is -2.34. The van der Waals surface area contributed by atoms with Gasteiger partial charge in [-0.1, -0.05) is 24.3 Å². The molecule has 1 amide bonds. The van der Waals surface area contributed by atoms with Crippen molar-refractivity contribution in [3.05, 3.63) is 78.1 Å². The SMILES string of the molecule is COc1cccc(CCC(=O)NCC2Cc3cc(-c4cccnc4)ccc3O2)c1. The predicted octanol–water partition coefficient (Wildman–Crippen LogP) is 3.81. The Morgan fingerprint density at radius 1 is 1.17 bits per heavy atom. The maximum Gasteiger partial charge on any atom is 0.220 e. The second kappa shape index (κ2) is 8.78. The maximum atomic E-state index is 12.2. The zero-order valence-corrected chi connectivity index (χ0v) is 16.4. The quantitative estimate of drug-likeness (QED) is 0.669. The number of aromatic nitrogens is 1. The monoisotopic (exact) mass is 388 g/mol. The number of hydrogen-bond donors (Lipinski definition) is 1. The highest BCUT2D eigenvalue weighted by molar-refractivity contribution is 5.76. The van der Waals surface area contributed by atoms with Crippen LogP contribution in [0.1, 0.15) is 17.5 Å². The van der Waals surface area contributed by atoms with Crippen LogP contribution in [0, 0.1) is 0 Å². The van der Waals surface area contributed by atoms with Crippen molar-refractivity contribution in [1.29, 1.82) is 0 Å².